The first kappa shape index (κ1) is 20.3. The molecule has 7 nitrogen and oxygen atoms in total. The van der Waals surface area contributed by atoms with E-state index < -0.39 is 0 Å². The van der Waals surface area contributed by atoms with Crippen LogP contribution in [0, 0.1) is 0 Å². The number of hydrazine groups is 1. The molecular weight excluding hydrogens is 388 g/mol. The highest BCUT2D eigenvalue weighted by Gasteiger charge is 2.13. The van der Waals surface area contributed by atoms with Crippen LogP contribution in [-0.2, 0) is 4.79 Å². The van der Waals surface area contributed by atoms with Crippen LogP contribution in [0.5, 0.6) is 5.75 Å². The molecule has 0 unspecified atom stereocenters. The number of benzene rings is 2. The lowest BCUT2D eigenvalue weighted by Crippen LogP contribution is -2.28. The predicted molar refractivity (Wildman–Crippen MR) is 116 cm³/mol. The number of nitrogens with zero attached hydrogens (tertiary/aromatic N) is 2. The number of rotatable bonds is 8. The molecule has 1 heterocycles. The smallest absolute Gasteiger partial charge is 0.257 e. The van der Waals surface area contributed by atoms with Gasteiger partial charge >= 0.3 is 0 Å². The molecule has 0 radical (unpaired) electrons. The van der Waals surface area contributed by atoms with Gasteiger partial charge in [0.2, 0.25) is 6.41 Å². The van der Waals surface area contributed by atoms with Crippen molar-refractivity contribution in [1.29, 1.82) is 0 Å². The third-order valence-corrected chi connectivity index (χ3v) is 5.39. The minimum atomic E-state index is -0.253. The van der Waals surface area contributed by atoms with E-state index in [0.29, 0.717) is 40.1 Å². The largest absolute Gasteiger partial charge is 0.495 e. The number of carbonyl (C=O) groups excluding carboxylic acids is 2. The molecule has 150 valence electrons. The number of amides is 2. The molecule has 1 aromatic heterocycles. The zero-order valence-electron chi connectivity index (χ0n) is 16.4. The van der Waals surface area contributed by atoms with Crippen LogP contribution in [0.3, 0.4) is 0 Å². The minimum Gasteiger partial charge on any atom is -0.495 e. The second-order valence-electron chi connectivity index (χ2n) is 6.51. The first-order valence-corrected chi connectivity index (χ1v) is 9.84. The predicted octanol–water partition coefficient (Wildman–Crippen LogP) is 4.52. The van der Waals surface area contributed by atoms with Crippen molar-refractivity contribution in [2.75, 3.05) is 22.9 Å². The van der Waals surface area contributed by atoms with E-state index in [1.165, 1.54) is 16.3 Å². The molecule has 2 amide bonds. The fourth-order valence-electron chi connectivity index (χ4n) is 2.57. The summed E-state index contributed by atoms with van der Waals surface area (Å²) in [7, 11) is 1.56. The number of carbonyl (C=O) groups is 2. The van der Waals surface area contributed by atoms with E-state index in [4.69, 9.17) is 4.74 Å². The Hall–Kier alpha value is -3.39. The van der Waals surface area contributed by atoms with Gasteiger partial charge in [-0.05, 0) is 42.3 Å². The number of nitrogens with one attached hydrogen (secondary N) is 2. The van der Waals surface area contributed by atoms with Crippen LogP contribution in [0.1, 0.15) is 35.0 Å². The van der Waals surface area contributed by atoms with Crippen LogP contribution >= 0.6 is 11.3 Å². The second kappa shape index (κ2) is 9.20. The lowest BCUT2D eigenvalue weighted by atomic mass is 10.2. The van der Waals surface area contributed by atoms with E-state index in [1.54, 1.807) is 49.7 Å². The molecule has 0 atom stereocenters. The van der Waals surface area contributed by atoms with Gasteiger partial charge in [-0.1, -0.05) is 26.0 Å². The van der Waals surface area contributed by atoms with E-state index in [9.17, 15) is 9.59 Å². The summed E-state index contributed by atoms with van der Waals surface area (Å²) >= 11 is 1.46. The van der Waals surface area contributed by atoms with Gasteiger partial charge in [-0.15, -0.1) is 11.3 Å². The monoisotopic (exact) mass is 410 g/mol. The van der Waals surface area contributed by atoms with Gasteiger partial charge in [0.05, 0.1) is 18.5 Å². The summed E-state index contributed by atoms with van der Waals surface area (Å²) in [6, 6.07) is 14.0. The summed E-state index contributed by atoms with van der Waals surface area (Å²) in [5.74, 6) is 0.721. The molecule has 0 bridgehead atoms. The number of aromatic nitrogens is 1. The summed E-state index contributed by atoms with van der Waals surface area (Å²) < 4.78 is 5.29. The van der Waals surface area contributed by atoms with Crippen molar-refractivity contribution in [2.24, 2.45) is 0 Å². The summed E-state index contributed by atoms with van der Waals surface area (Å²) in [5.41, 5.74) is 4.70. The third-order valence-electron chi connectivity index (χ3n) is 4.17. The average molecular weight is 410 g/mol. The quantitative estimate of drug-likeness (QED) is 0.421. The van der Waals surface area contributed by atoms with Crippen LogP contribution in [-0.4, -0.2) is 24.4 Å². The highest BCUT2D eigenvalue weighted by molar-refractivity contribution is 7.15. The summed E-state index contributed by atoms with van der Waals surface area (Å²) in [4.78, 5) is 29.4. The molecule has 0 spiro atoms. The Morgan fingerprint density at radius 1 is 1.17 bits per heavy atom. The Labute approximate surface area is 173 Å². The Balaban J connectivity index is 1.70. The lowest BCUT2D eigenvalue weighted by molar-refractivity contribution is -0.107. The highest BCUT2D eigenvalue weighted by atomic mass is 32.1. The summed E-state index contributed by atoms with van der Waals surface area (Å²) in [6.07, 6.45) is 2.43. The van der Waals surface area contributed by atoms with Crippen LogP contribution in [0.15, 0.2) is 54.7 Å². The van der Waals surface area contributed by atoms with Crippen molar-refractivity contribution in [3.05, 3.63) is 65.2 Å². The topological polar surface area (TPSA) is 83.6 Å². The van der Waals surface area contributed by atoms with E-state index in [2.05, 4.69) is 29.6 Å². The molecule has 3 rings (SSSR count). The van der Waals surface area contributed by atoms with Gasteiger partial charge in [0.1, 0.15) is 5.75 Å². The summed E-state index contributed by atoms with van der Waals surface area (Å²) in [6.45, 7) is 4.16. The van der Waals surface area contributed by atoms with Crippen molar-refractivity contribution in [2.45, 2.75) is 19.8 Å². The maximum Gasteiger partial charge on any atom is 0.257 e. The number of hydrogen-bond acceptors (Lipinski definition) is 6. The lowest BCUT2D eigenvalue weighted by Gasteiger charge is -2.21. The Kier molecular flexibility index (Phi) is 6.46. The number of para-hydroxylation sites is 2. The number of hydrogen-bond donors (Lipinski definition) is 2. The maximum atomic E-state index is 12.5. The molecule has 29 heavy (non-hydrogen) atoms. The normalized spacial score (nSPS) is 10.5. The highest BCUT2D eigenvalue weighted by Crippen LogP contribution is 2.27. The van der Waals surface area contributed by atoms with Crippen molar-refractivity contribution in [3.8, 4) is 5.75 Å². The van der Waals surface area contributed by atoms with Crippen LogP contribution in [0.4, 0.5) is 16.5 Å². The maximum absolute atomic E-state index is 12.5. The van der Waals surface area contributed by atoms with E-state index in [-0.39, 0.29) is 5.91 Å². The first-order chi connectivity index (χ1) is 14.0. The Morgan fingerprint density at radius 3 is 2.52 bits per heavy atom. The van der Waals surface area contributed by atoms with Gasteiger partial charge < -0.3 is 4.74 Å². The standard InChI is InChI=1S/C21H22N4O3S/c1-14(2)19-12-22-21(29-19)23-20(27)15-8-10-16(11-9-15)25(13-26)24-17-6-4-5-7-18(17)28-3/h4-14,24H,1-3H3,(H,22,23,27). The van der Waals surface area contributed by atoms with Crippen LogP contribution in [0.25, 0.3) is 0 Å². The van der Waals surface area contributed by atoms with Crippen molar-refractivity contribution in [1.82, 2.24) is 4.98 Å². The van der Waals surface area contributed by atoms with E-state index in [1.807, 2.05) is 12.1 Å². The van der Waals surface area contributed by atoms with Crippen molar-refractivity contribution >= 4 is 40.2 Å². The molecule has 3 aromatic rings. The fraction of sp³-hybridized carbons (Fsp3) is 0.190. The molecule has 0 saturated heterocycles. The molecule has 0 aliphatic heterocycles. The second-order valence-corrected chi connectivity index (χ2v) is 7.57. The van der Waals surface area contributed by atoms with E-state index >= 15 is 0 Å². The Morgan fingerprint density at radius 2 is 1.90 bits per heavy atom. The summed E-state index contributed by atoms with van der Waals surface area (Å²) in [5, 5.41) is 4.68. The first-order valence-electron chi connectivity index (χ1n) is 9.03. The van der Waals surface area contributed by atoms with E-state index in [0.717, 1.165) is 4.88 Å². The molecule has 8 heteroatoms. The van der Waals surface area contributed by atoms with Gasteiger partial charge in [-0.2, -0.15) is 0 Å². The van der Waals surface area contributed by atoms with Gasteiger partial charge in [-0.3, -0.25) is 20.3 Å². The van der Waals surface area contributed by atoms with Crippen molar-refractivity contribution < 1.29 is 14.3 Å². The third kappa shape index (κ3) is 4.91. The SMILES string of the molecule is COc1ccccc1NN(C=O)c1ccc(C(=O)Nc2ncc(C(C)C)s2)cc1. The molecule has 0 fully saturated rings. The number of thiazole rings is 1. The number of methoxy groups -OCH3 is 1. The molecular formula is C21H22N4O3S. The molecule has 2 aromatic carbocycles. The molecule has 0 saturated carbocycles. The van der Waals surface area contributed by atoms with Crippen LogP contribution < -0.4 is 20.5 Å². The Bertz CT molecular complexity index is 986. The number of ether oxygens (including phenoxy) is 1. The van der Waals surface area contributed by atoms with Gasteiger partial charge in [0.15, 0.2) is 5.13 Å². The van der Waals surface area contributed by atoms with Gasteiger partial charge in [0.25, 0.3) is 5.91 Å². The van der Waals surface area contributed by atoms with Crippen LogP contribution in [0.2, 0.25) is 0 Å². The molecule has 0 aliphatic carbocycles. The zero-order chi connectivity index (χ0) is 20.8. The van der Waals surface area contributed by atoms with Gasteiger partial charge in [0, 0.05) is 16.6 Å². The fourth-order valence-corrected chi connectivity index (χ4v) is 3.39. The zero-order valence-corrected chi connectivity index (χ0v) is 17.2. The van der Waals surface area contributed by atoms with Crippen molar-refractivity contribution in [3.63, 3.8) is 0 Å². The number of anilines is 3. The molecule has 0 aliphatic rings. The van der Waals surface area contributed by atoms with Gasteiger partial charge in [-0.25, -0.2) is 9.99 Å². The minimum absolute atomic E-state index is 0.253. The average Bonchev–Trinajstić information content (AvgIpc) is 3.21. The molecule has 2 N–H and O–H groups in total.